The average molecular weight is 258 g/mol. The van der Waals surface area contributed by atoms with Gasteiger partial charge in [0.15, 0.2) is 0 Å². The van der Waals surface area contributed by atoms with Gasteiger partial charge in [0.25, 0.3) is 0 Å². The molecule has 0 heterocycles. The van der Waals surface area contributed by atoms with E-state index in [2.05, 4.69) is 15.9 Å². The molecule has 2 rings (SSSR count). The van der Waals surface area contributed by atoms with Gasteiger partial charge in [0.1, 0.15) is 5.75 Å². The highest BCUT2D eigenvalue weighted by Gasteiger charge is 2.06. The smallest absolute Gasteiger partial charge is 0.137 e. The van der Waals surface area contributed by atoms with Crippen LogP contribution in [0.4, 0.5) is 0 Å². The van der Waals surface area contributed by atoms with Gasteiger partial charge in [0.05, 0.1) is 4.47 Å². The highest BCUT2D eigenvalue weighted by atomic mass is 79.9. The minimum atomic E-state index is 0.236. The third-order valence-corrected chi connectivity index (χ3v) is 2.84. The topological polar surface area (TPSA) is 20.2 Å². The standard InChI is InChI=1S/C10H6BrClO/c11-8-5-9(12)6-3-1-2-4-7(6)10(8)13/h1-5,13H. The minimum absolute atomic E-state index is 0.236. The van der Waals surface area contributed by atoms with Crippen molar-refractivity contribution < 1.29 is 5.11 Å². The van der Waals surface area contributed by atoms with Crippen LogP contribution < -0.4 is 0 Å². The highest BCUT2D eigenvalue weighted by molar-refractivity contribution is 9.10. The summed E-state index contributed by atoms with van der Waals surface area (Å²) in [6.45, 7) is 0. The number of phenolic OH excluding ortho intramolecular Hbond substituents is 1. The molecule has 0 aromatic heterocycles. The van der Waals surface area contributed by atoms with E-state index < -0.39 is 0 Å². The number of hydrogen-bond acceptors (Lipinski definition) is 1. The van der Waals surface area contributed by atoms with E-state index in [-0.39, 0.29) is 5.75 Å². The molecule has 2 aromatic carbocycles. The number of halogens is 2. The van der Waals surface area contributed by atoms with Crippen molar-refractivity contribution in [2.24, 2.45) is 0 Å². The van der Waals surface area contributed by atoms with E-state index in [9.17, 15) is 5.11 Å². The Labute approximate surface area is 89.1 Å². The van der Waals surface area contributed by atoms with Gasteiger partial charge in [-0.1, -0.05) is 35.9 Å². The van der Waals surface area contributed by atoms with E-state index in [0.717, 1.165) is 10.8 Å². The second-order valence-electron chi connectivity index (χ2n) is 2.73. The SMILES string of the molecule is Oc1c(Br)cc(Cl)c2ccccc12. The average Bonchev–Trinajstić information content (AvgIpc) is 2.15. The van der Waals surface area contributed by atoms with Gasteiger partial charge >= 0.3 is 0 Å². The second-order valence-corrected chi connectivity index (χ2v) is 4.00. The molecule has 0 aliphatic carbocycles. The number of hydrogen-bond donors (Lipinski definition) is 1. The van der Waals surface area contributed by atoms with Crippen LogP contribution in [0, 0.1) is 0 Å². The predicted octanol–water partition coefficient (Wildman–Crippen LogP) is 3.96. The monoisotopic (exact) mass is 256 g/mol. The Hall–Kier alpha value is -0.730. The first-order valence-electron chi connectivity index (χ1n) is 3.76. The molecular weight excluding hydrogens is 251 g/mol. The summed E-state index contributed by atoms with van der Waals surface area (Å²) in [6, 6.07) is 9.16. The van der Waals surface area contributed by atoms with Crippen LogP contribution in [0.15, 0.2) is 34.8 Å². The van der Waals surface area contributed by atoms with E-state index in [1.54, 1.807) is 6.07 Å². The first-order valence-corrected chi connectivity index (χ1v) is 4.93. The lowest BCUT2D eigenvalue weighted by molar-refractivity contribution is 0.478. The lowest BCUT2D eigenvalue weighted by atomic mass is 10.1. The van der Waals surface area contributed by atoms with Crippen molar-refractivity contribution in [2.75, 3.05) is 0 Å². The van der Waals surface area contributed by atoms with Gasteiger partial charge in [-0.15, -0.1) is 0 Å². The highest BCUT2D eigenvalue weighted by Crippen LogP contribution is 2.36. The van der Waals surface area contributed by atoms with Crippen molar-refractivity contribution >= 4 is 38.3 Å². The molecule has 0 saturated carbocycles. The first-order chi connectivity index (χ1) is 6.20. The van der Waals surface area contributed by atoms with Crippen LogP contribution in [-0.4, -0.2) is 5.11 Å². The van der Waals surface area contributed by atoms with Crippen molar-refractivity contribution in [2.45, 2.75) is 0 Å². The third-order valence-electron chi connectivity index (χ3n) is 1.92. The van der Waals surface area contributed by atoms with Crippen LogP contribution in [0.2, 0.25) is 5.02 Å². The molecule has 0 amide bonds. The van der Waals surface area contributed by atoms with Crippen molar-refractivity contribution in [1.82, 2.24) is 0 Å². The number of aromatic hydroxyl groups is 1. The van der Waals surface area contributed by atoms with Gasteiger partial charge in [0, 0.05) is 15.8 Å². The van der Waals surface area contributed by atoms with E-state index in [1.165, 1.54) is 0 Å². The lowest BCUT2D eigenvalue weighted by Gasteiger charge is -2.04. The lowest BCUT2D eigenvalue weighted by Crippen LogP contribution is -1.77. The first kappa shape index (κ1) is 8.85. The molecular formula is C10H6BrClO. The molecule has 2 aromatic rings. The zero-order valence-electron chi connectivity index (χ0n) is 6.59. The van der Waals surface area contributed by atoms with Crippen LogP contribution in [0.5, 0.6) is 5.75 Å². The number of fused-ring (bicyclic) bond motifs is 1. The molecule has 1 nitrogen and oxygen atoms in total. The number of phenols is 1. The summed E-state index contributed by atoms with van der Waals surface area (Å²) in [7, 11) is 0. The normalized spacial score (nSPS) is 10.6. The predicted molar refractivity (Wildman–Crippen MR) is 58.3 cm³/mol. The van der Waals surface area contributed by atoms with Crippen LogP contribution in [0.3, 0.4) is 0 Å². The van der Waals surface area contributed by atoms with Crippen molar-refractivity contribution in [1.29, 1.82) is 0 Å². The Kier molecular flexibility index (Phi) is 2.18. The maximum Gasteiger partial charge on any atom is 0.137 e. The summed E-state index contributed by atoms with van der Waals surface area (Å²) in [5.74, 6) is 0.236. The molecule has 3 heteroatoms. The summed E-state index contributed by atoms with van der Waals surface area (Å²) in [5.41, 5.74) is 0. The summed E-state index contributed by atoms with van der Waals surface area (Å²) in [6.07, 6.45) is 0. The van der Waals surface area contributed by atoms with E-state index in [1.807, 2.05) is 24.3 Å². The molecule has 1 N–H and O–H groups in total. The molecule has 0 saturated heterocycles. The zero-order valence-corrected chi connectivity index (χ0v) is 8.93. The summed E-state index contributed by atoms with van der Waals surface area (Å²) in [4.78, 5) is 0. The van der Waals surface area contributed by atoms with Crippen LogP contribution in [-0.2, 0) is 0 Å². The summed E-state index contributed by atoms with van der Waals surface area (Å²) >= 11 is 9.23. The van der Waals surface area contributed by atoms with Crippen molar-refractivity contribution in [3.8, 4) is 5.75 Å². The quantitative estimate of drug-likeness (QED) is 0.757. The van der Waals surface area contributed by atoms with Gasteiger partial charge in [-0.2, -0.15) is 0 Å². The molecule has 0 aliphatic heterocycles. The Morgan fingerprint density at radius 1 is 1.15 bits per heavy atom. The maximum atomic E-state index is 9.68. The van der Waals surface area contributed by atoms with Crippen LogP contribution >= 0.6 is 27.5 Å². The van der Waals surface area contributed by atoms with Crippen LogP contribution in [0.25, 0.3) is 10.8 Å². The largest absolute Gasteiger partial charge is 0.506 e. The molecule has 66 valence electrons. The molecule has 0 radical (unpaired) electrons. The fraction of sp³-hybridized carbons (Fsp3) is 0. The van der Waals surface area contributed by atoms with Crippen LogP contribution in [0.1, 0.15) is 0 Å². The molecule has 0 atom stereocenters. The fourth-order valence-electron chi connectivity index (χ4n) is 1.28. The molecule has 0 unspecified atom stereocenters. The van der Waals surface area contributed by atoms with E-state index >= 15 is 0 Å². The third kappa shape index (κ3) is 1.40. The van der Waals surface area contributed by atoms with E-state index in [0.29, 0.717) is 9.50 Å². The van der Waals surface area contributed by atoms with E-state index in [4.69, 9.17) is 11.6 Å². The number of benzene rings is 2. The zero-order chi connectivity index (χ0) is 9.42. The molecule has 13 heavy (non-hydrogen) atoms. The van der Waals surface area contributed by atoms with Gasteiger partial charge in [-0.25, -0.2) is 0 Å². The molecule has 0 fully saturated rings. The Balaban J connectivity index is 2.97. The summed E-state index contributed by atoms with van der Waals surface area (Å²) in [5, 5.41) is 11.9. The van der Waals surface area contributed by atoms with Crippen molar-refractivity contribution in [3.63, 3.8) is 0 Å². The summed E-state index contributed by atoms with van der Waals surface area (Å²) < 4.78 is 0.621. The second kappa shape index (κ2) is 3.20. The van der Waals surface area contributed by atoms with Gasteiger partial charge in [-0.05, 0) is 22.0 Å². The molecule has 0 spiro atoms. The number of rotatable bonds is 0. The Morgan fingerprint density at radius 2 is 1.77 bits per heavy atom. The Morgan fingerprint density at radius 3 is 2.46 bits per heavy atom. The minimum Gasteiger partial charge on any atom is -0.506 e. The maximum absolute atomic E-state index is 9.68. The van der Waals surface area contributed by atoms with Gasteiger partial charge in [0.2, 0.25) is 0 Å². The Bertz CT molecular complexity index is 468. The molecule has 0 bridgehead atoms. The van der Waals surface area contributed by atoms with Crippen molar-refractivity contribution in [3.05, 3.63) is 39.8 Å². The van der Waals surface area contributed by atoms with Gasteiger partial charge in [-0.3, -0.25) is 0 Å². The van der Waals surface area contributed by atoms with Gasteiger partial charge < -0.3 is 5.11 Å². The fourth-order valence-corrected chi connectivity index (χ4v) is 2.13. The molecule has 0 aliphatic rings.